The van der Waals surface area contributed by atoms with Gasteiger partial charge in [-0.3, -0.25) is 14.6 Å². The Hall–Kier alpha value is -2.17. The van der Waals surface area contributed by atoms with E-state index in [4.69, 9.17) is 5.11 Å². The summed E-state index contributed by atoms with van der Waals surface area (Å²) in [7, 11) is 0. The van der Waals surface area contributed by atoms with E-state index in [1.807, 2.05) is 12.1 Å². The molecule has 0 spiro atoms. The lowest BCUT2D eigenvalue weighted by Crippen LogP contribution is -2.43. The average Bonchev–Trinajstić information content (AvgIpc) is 2.52. The highest BCUT2D eigenvalue weighted by Gasteiger charge is 2.25. The standard InChI is InChI=1S/C16H20N2O3/c19-15(8-6-13-4-3-10-17-12-13)18-11-2-1-5-14(18)7-9-16(20)21/h3-4,6,8,10,12,14H,1-2,5,7,9,11H2,(H,20,21)/b8-6-/t14-/m1/s1. The van der Waals surface area contributed by atoms with Gasteiger partial charge in [-0.05, 0) is 43.4 Å². The molecule has 0 bridgehead atoms. The number of carbonyl (C=O) groups is 2. The number of nitrogens with zero attached hydrogens (tertiary/aromatic N) is 2. The van der Waals surface area contributed by atoms with Crippen LogP contribution in [0.5, 0.6) is 0 Å². The molecule has 1 aromatic rings. The predicted molar refractivity (Wildman–Crippen MR) is 79.5 cm³/mol. The van der Waals surface area contributed by atoms with E-state index >= 15 is 0 Å². The maximum atomic E-state index is 12.3. The van der Waals surface area contributed by atoms with E-state index in [0.717, 1.165) is 24.8 Å². The zero-order valence-corrected chi connectivity index (χ0v) is 11.9. The number of carboxylic acids is 1. The van der Waals surface area contributed by atoms with E-state index in [1.54, 1.807) is 29.4 Å². The fourth-order valence-electron chi connectivity index (χ4n) is 2.62. The van der Waals surface area contributed by atoms with Crippen molar-refractivity contribution in [3.8, 4) is 0 Å². The molecule has 1 aliphatic heterocycles. The number of likely N-dealkylation sites (tertiary alicyclic amines) is 1. The summed E-state index contributed by atoms with van der Waals surface area (Å²) in [4.78, 5) is 28.8. The van der Waals surface area contributed by atoms with Crippen LogP contribution >= 0.6 is 0 Å². The highest BCUT2D eigenvalue weighted by atomic mass is 16.4. The second-order valence-electron chi connectivity index (χ2n) is 5.23. The van der Waals surface area contributed by atoms with Crippen molar-refractivity contribution < 1.29 is 14.7 Å². The van der Waals surface area contributed by atoms with Gasteiger partial charge < -0.3 is 10.0 Å². The molecule has 112 valence electrons. The summed E-state index contributed by atoms with van der Waals surface area (Å²) in [5, 5.41) is 8.80. The monoisotopic (exact) mass is 288 g/mol. The normalized spacial score (nSPS) is 18.9. The van der Waals surface area contributed by atoms with Crippen molar-refractivity contribution in [1.29, 1.82) is 0 Å². The summed E-state index contributed by atoms with van der Waals surface area (Å²) in [6.45, 7) is 0.709. The van der Waals surface area contributed by atoms with Gasteiger partial charge in [0.15, 0.2) is 0 Å². The van der Waals surface area contributed by atoms with Crippen LogP contribution in [-0.2, 0) is 9.59 Å². The van der Waals surface area contributed by atoms with E-state index in [1.165, 1.54) is 0 Å². The molecule has 2 rings (SSSR count). The van der Waals surface area contributed by atoms with Crippen molar-refractivity contribution in [3.63, 3.8) is 0 Å². The second-order valence-corrected chi connectivity index (χ2v) is 5.23. The van der Waals surface area contributed by atoms with Crippen LogP contribution < -0.4 is 0 Å². The Morgan fingerprint density at radius 1 is 1.43 bits per heavy atom. The first kappa shape index (κ1) is 15.2. The zero-order valence-electron chi connectivity index (χ0n) is 11.9. The molecule has 0 aliphatic carbocycles. The SMILES string of the molecule is O=C(O)CC[C@H]1CCCCN1C(=O)/C=C\c1cccnc1. The van der Waals surface area contributed by atoms with Gasteiger partial charge in [0.1, 0.15) is 0 Å². The van der Waals surface area contributed by atoms with E-state index in [9.17, 15) is 9.59 Å². The summed E-state index contributed by atoms with van der Waals surface area (Å²) in [6, 6.07) is 3.75. The van der Waals surface area contributed by atoms with Gasteiger partial charge in [0.2, 0.25) is 5.91 Å². The van der Waals surface area contributed by atoms with Gasteiger partial charge in [-0.25, -0.2) is 0 Å². The van der Waals surface area contributed by atoms with E-state index in [0.29, 0.717) is 13.0 Å². The van der Waals surface area contributed by atoms with Crippen LogP contribution in [0.4, 0.5) is 0 Å². The van der Waals surface area contributed by atoms with Gasteiger partial charge in [0, 0.05) is 37.5 Å². The summed E-state index contributed by atoms with van der Waals surface area (Å²) in [5.41, 5.74) is 0.880. The molecule has 5 nitrogen and oxygen atoms in total. The molecule has 0 unspecified atom stereocenters. The number of aliphatic carboxylic acids is 1. The molecule has 1 amide bonds. The van der Waals surface area contributed by atoms with Crippen molar-refractivity contribution in [2.75, 3.05) is 6.54 Å². The molecule has 0 saturated carbocycles. The number of aromatic nitrogens is 1. The Morgan fingerprint density at radius 2 is 2.29 bits per heavy atom. The van der Waals surface area contributed by atoms with Gasteiger partial charge in [0.05, 0.1) is 0 Å². The number of hydrogen-bond acceptors (Lipinski definition) is 3. The van der Waals surface area contributed by atoms with E-state index < -0.39 is 5.97 Å². The minimum Gasteiger partial charge on any atom is -0.481 e. The fraction of sp³-hybridized carbons (Fsp3) is 0.438. The predicted octanol–water partition coefficient (Wildman–Crippen LogP) is 2.34. The lowest BCUT2D eigenvalue weighted by molar-refractivity contribution is -0.138. The highest BCUT2D eigenvalue weighted by molar-refractivity contribution is 5.92. The Labute approximate surface area is 124 Å². The lowest BCUT2D eigenvalue weighted by atomic mass is 9.97. The van der Waals surface area contributed by atoms with Gasteiger partial charge >= 0.3 is 5.97 Å². The van der Waals surface area contributed by atoms with Crippen LogP contribution in [0.2, 0.25) is 0 Å². The van der Waals surface area contributed by atoms with Crippen molar-refractivity contribution >= 4 is 18.0 Å². The topological polar surface area (TPSA) is 70.5 Å². The van der Waals surface area contributed by atoms with Crippen LogP contribution in [0, 0.1) is 0 Å². The third kappa shape index (κ3) is 4.70. The first-order valence-corrected chi connectivity index (χ1v) is 7.27. The maximum absolute atomic E-state index is 12.3. The summed E-state index contributed by atoms with van der Waals surface area (Å²) in [5.74, 6) is -0.854. The minimum atomic E-state index is -0.807. The van der Waals surface area contributed by atoms with Crippen molar-refractivity contribution in [3.05, 3.63) is 36.2 Å². The molecular weight excluding hydrogens is 268 g/mol. The molecule has 1 atom stereocenters. The molecule has 1 aromatic heterocycles. The number of piperidine rings is 1. The third-order valence-electron chi connectivity index (χ3n) is 3.70. The first-order chi connectivity index (χ1) is 10.2. The van der Waals surface area contributed by atoms with Crippen LogP contribution in [0.25, 0.3) is 6.08 Å². The molecule has 0 radical (unpaired) electrons. The largest absolute Gasteiger partial charge is 0.481 e. The maximum Gasteiger partial charge on any atom is 0.303 e. The summed E-state index contributed by atoms with van der Waals surface area (Å²) in [6.07, 6.45) is 10.3. The molecular formula is C16H20N2O3. The second kappa shape index (κ2) is 7.57. The van der Waals surface area contributed by atoms with E-state index in [2.05, 4.69) is 4.98 Å². The van der Waals surface area contributed by atoms with Crippen molar-refractivity contribution in [2.45, 2.75) is 38.1 Å². The van der Waals surface area contributed by atoms with E-state index in [-0.39, 0.29) is 18.4 Å². The number of hydrogen-bond donors (Lipinski definition) is 1. The fourth-order valence-corrected chi connectivity index (χ4v) is 2.62. The molecule has 1 saturated heterocycles. The van der Waals surface area contributed by atoms with Crippen molar-refractivity contribution in [1.82, 2.24) is 9.88 Å². The van der Waals surface area contributed by atoms with Gasteiger partial charge in [-0.15, -0.1) is 0 Å². The summed E-state index contributed by atoms with van der Waals surface area (Å²) < 4.78 is 0. The number of carbonyl (C=O) groups excluding carboxylic acids is 1. The minimum absolute atomic E-state index is 0.0425. The third-order valence-corrected chi connectivity index (χ3v) is 3.70. The number of pyridine rings is 1. The zero-order chi connectivity index (χ0) is 15.1. The number of carboxylic acid groups (broad SMARTS) is 1. The first-order valence-electron chi connectivity index (χ1n) is 7.27. The molecule has 21 heavy (non-hydrogen) atoms. The van der Waals surface area contributed by atoms with Crippen LogP contribution in [0.3, 0.4) is 0 Å². The average molecular weight is 288 g/mol. The molecule has 1 fully saturated rings. The van der Waals surface area contributed by atoms with Gasteiger partial charge in [0.25, 0.3) is 0 Å². The van der Waals surface area contributed by atoms with Crippen molar-refractivity contribution in [2.24, 2.45) is 0 Å². The highest BCUT2D eigenvalue weighted by Crippen LogP contribution is 2.21. The Morgan fingerprint density at radius 3 is 3.00 bits per heavy atom. The Balaban J connectivity index is 1.98. The molecule has 1 aliphatic rings. The Kier molecular flexibility index (Phi) is 5.49. The number of rotatable bonds is 5. The molecule has 0 aromatic carbocycles. The Bertz CT molecular complexity index is 514. The van der Waals surface area contributed by atoms with Crippen LogP contribution in [0.15, 0.2) is 30.6 Å². The van der Waals surface area contributed by atoms with Gasteiger partial charge in [-0.1, -0.05) is 6.07 Å². The molecule has 5 heteroatoms. The van der Waals surface area contributed by atoms with Crippen LogP contribution in [-0.4, -0.2) is 39.5 Å². The lowest BCUT2D eigenvalue weighted by Gasteiger charge is -2.35. The molecule has 1 N–H and O–H groups in total. The van der Waals surface area contributed by atoms with Gasteiger partial charge in [-0.2, -0.15) is 0 Å². The smallest absolute Gasteiger partial charge is 0.303 e. The molecule has 2 heterocycles. The number of amides is 1. The quantitative estimate of drug-likeness (QED) is 0.844. The summed E-state index contributed by atoms with van der Waals surface area (Å²) >= 11 is 0. The van der Waals surface area contributed by atoms with Crippen LogP contribution in [0.1, 0.15) is 37.7 Å².